The molecule has 1 aromatic heterocycles. The number of carbonyl (C=O) groups is 2. The van der Waals surface area contributed by atoms with E-state index >= 15 is 0 Å². The van der Waals surface area contributed by atoms with Crippen molar-refractivity contribution in [2.24, 2.45) is 11.1 Å². The Kier molecular flexibility index (Phi) is 14.9. The topological polar surface area (TPSA) is 194 Å². The van der Waals surface area contributed by atoms with Crippen LogP contribution < -0.4 is 10.6 Å². The summed E-state index contributed by atoms with van der Waals surface area (Å²) in [6.45, 7) is 1.75. The van der Waals surface area contributed by atoms with Gasteiger partial charge in [-0.2, -0.15) is 4.31 Å². The summed E-state index contributed by atoms with van der Waals surface area (Å²) in [6.07, 6.45) is 2.36. The average Bonchev–Trinajstić information content (AvgIpc) is 3.79. The van der Waals surface area contributed by atoms with Crippen LogP contribution in [-0.4, -0.2) is 108 Å². The Morgan fingerprint density at radius 1 is 1.10 bits per heavy atom. The fraction of sp³-hybridized carbons (Fsp3) is 0.486. The SMILES string of the molecule is COCc1nc(CN(C)C(=O)N[C@H](C(=O)N[C@@H](Cc2ccccc2)[C@H](O)CN(CC2CCCC2)S(=O)(=O)c2ccc(C=NO)cc2)[C@@H](C)O)cs1. The molecule has 4 atom stereocenters. The van der Waals surface area contributed by atoms with Gasteiger partial charge in [-0.1, -0.05) is 60.5 Å². The van der Waals surface area contributed by atoms with Crippen LogP contribution >= 0.6 is 11.3 Å². The zero-order valence-electron chi connectivity index (χ0n) is 29.1. The first-order valence-electron chi connectivity index (χ1n) is 16.8. The standard InChI is InChI=1S/C35H48N6O8S2/c1-24(42)33(39-35(45)40(2)20-28-23-50-32(37-28)22-49-3)34(44)38-30(17-25-9-5-4-6-10-25)31(43)21-41(19-27-11-7-8-12-27)51(47,48)29-15-13-26(14-16-29)18-36-46/h4-6,9-10,13-16,18,23-24,27,30-31,33,42-43,46H,7-8,11-12,17,19-22H2,1-3H3,(H,38,44)(H,39,45)/t24-,30+,31-,33+/m1/s1. The van der Waals surface area contributed by atoms with Gasteiger partial charge in [-0.15, -0.1) is 11.3 Å². The van der Waals surface area contributed by atoms with Crippen molar-refractivity contribution < 1.29 is 38.2 Å². The molecule has 0 bridgehead atoms. The number of nitrogens with zero attached hydrogens (tertiary/aromatic N) is 4. The van der Waals surface area contributed by atoms with Gasteiger partial charge in [0.2, 0.25) is 15.9 Å². The Balaban J connectivity index is 1.54. The summed E-state index contributed by atoms with van der Waals surface area (Å²) < 4.78 is 34.4. The summed E-state index contributed by atoms with van der Waals surface area (Å²) in [6, 6.07) is 12.0. The van der Waals surface area contributed by atoms with Crippen molar-refractivity contribution in [2.45, 2.75) is 81.4 Å². The van der Waals surface area contributed by atoms with Gasteiger partial charge in [0.25, 0.3) is 0 Å². The summed E-state index contributed by atoms with van der Waals surface area (Å²) in [5.74, 6) is -0.633. The van der Waals surface area contributed by atoms with Crippen molar-refractivity contribution in [1.29, 1.82) is 0 Å². The van der Waals surface area contributed by atoms with Gasteiger partial charge in [0.1, 0.15) is 11.0 Å². The molecule has 1 aliphatic carbocycles. The number of hydrogen-bond donors (Lipinski definition) is 5. The van der Waals surface area contributed by atoms with E-state index in [1.807, 2.05) is 35.7 Å². The summed E-state index contributed by atoms with van der Waals surface area (Å²) in [4.78, 5) is 32.7. The van der Waals surface area contributed by atoms with Crippen molar-refractivity contribution in [1.82, 2.24) is 24.8 Å². The Morgan fingerprint density at radius 3 is 2.41 bits per heavy atom. The molecule has 5 N–H and O–H groups in total. The van der Waals surface area contributed by atoms with Crippen molar-refractivity contribution in [3.63, 3.8) is 0 Å². The second kappa shape index (κ2) is 19.1. The molecule has 16 heteroatoms. The zero-order chi connectivity index (χ0) is 37.0. The number of carbonyl (C=O) groups excluding carboxylic acids is 2. The van der Waals surface area contributed by atoms with Crippen molar-refractivity contribution in [2.75, 3.05) is 27.2 Å². The van der Waals surface area contributed by atoms with Crippen molar-refractivity contribution in [3.8, 4) is 0 Å². The molecule has 0 radical (unpaired) electrons. The monoisotopic (exact) mass is 744 g/mol. The third kappa shape index (κ3) is 11.5. The molecule has 0 spiro atoms. The summed E-state index contributed by atoms with van der Waals surface area (Å²) in [5.41, 5.74) is 1.93. The zero-order valence-corrected chi connectivity index (χ0v) is 30.7. The van der Waals surface area contributed by atoms with Crippen LogP contribution in [0, 0.1) is 5.92 Å². The molecule has 1 fully saturated rings. The fourth-order valence-electron chi connectivity index (χ4n) is 6.03. The van der Waals surface area contributed by atoms with E-state index in [2.05, 4.69) is 20.8 Å². The van der Waals surface area contributed by atoms with Crippen LogP contribution in [0.3, 0.4) is 0 Å². The number of oxime groups is 1. The molecule has 278 valence electrons. The van der Waals surface area contributed by atoms with Crippen LogP contribution in [0.5, 0.6) is 0 Å². The first-order chi connectivity index (χ1) is 24.4. The van der Waals surface area contributed by atoms with Gasteiger partial charge in [0, 0.05) is 32.6 Å². The predicted molar refractivity (Wildman–Crippen MR) is 193 cm³/mol. The number of rotatable bonds is 18. The first-order valence-corrected chi connectivity index (χ1v) is 19.1. The molecule has 1 saturated carbocycles. The number of aliphatic hydroxyl groups excluding tert-OH is 2. The number of aliphatic hydroxyl groups is 2. The number of urea groups is 1. The van der Waals surface area contributed by atoms with Gasteiger partial charge in [-0.3, -0.25) is 4.79 Å². The second-order valence-corrected chi connectivity index (χ2v) is 15.7. The Labute approximate surface area is 303 Å². The number of benzene rings is 2. The number of ether oxygens (including phenoxy) is 1. The molecule has 2 aromatic carbocycles. The minimum absolute atomic E-state index is 0.0139. The molecule has 0 aliphatic heterocycles. The quantitative estimate of drug-likeness (QED) is 0.0740. The lowest BCUT2D eigenvalue weighted by Crippen LogP contribution is -2.59. The lowest BCUT2D eigenvalue weighted by Gasteiger charge is -2.32. The molecule has 3 amide bonds. The second-order valence-electron chi connectivity index (χ2n) is 12.8. The number of sulfonamides is 1. The summed E-state index contributed by atoms with van der Waals surface area (Å²) in [5, 5.41) is 42.2. The highest BCUT2D eigenvalue weighted by Gasteiger charge is 2.35. The number of hydrogen-bond acceptors (Lipinski definition) is 11. The number of nitrogens with one attached hydrogen (secondary N) is 2. The van der Waals surface area contributed by atoms with Crippen LogP contribution in [0.4, 0.5) is 4.79 Å². The van der Waals surface area contributed by atoms with Crippen LogP contribution in [0.2, 0.25) is 0 Å². The van der Waals surface area contributed by atoms with E-state index in [1.54, 1.807) is 7.11 Å². The smallest absolute Gasteiger partial charge is 0.318 e. The van der Waals surface area contributed by atoms with Gasteiger partial charge >= 0.3 is 6.03 Å². The molecule has 14 nitrogen and oxygen atoms in total. The largest absolute Gasteiger partial charge is 0.411 e. The molecule has 0 saturated heterocycles. The van der Waals surface area contributed by atoms with E-state index in [1.165, 1.54) is 65.0 Å². The fourth-order valence-corrected chi connectivity index (χ4v) is 8.32. The third-order valence-corrected chi connectivity index (χ3v) is 11.5. The Bertz CT molecular complexity index is 1680. The van der Waals surface area contributed by atoms with E-state index in [9.17, 15) is 28.2 Å². The minimum Gasteiger partial charge on any atom is -0.411 e. The van der Waals surface area contributed by atoms with Gasteiger partial charge in [-0.25, -0.2) is 18.2 Å². The molecule has 1 heterocycles. The molecular formula is C35H48N6O8S2. The number of methoxy groups -OCH3 is 1. The van der Waals surface area contributed by atoms with E-state index < -0.39 is 46.3 Å². The Hall–Kier alpha value is -3.93. The van der Waals surface area contributed by atoms with Gasteiger partial charge < -0.3 is 35.7 Å². The highest BCUT2D eigenvalue weighted by Crippen LogP contribution is 2.28. The molecule has 1 aliphatic rings. The summed E-state index contributed by atoms with van der Waals surface area (Å²) in [7, 11) is -0.988. The average molecular weight is 745 g/mol. The lowest BCUT2D eigenvalue weighted by atomic mass is 9.99. The summed E-state index contributed by atoms with van der Waals surface area (Å²) >= 11 is 1.40. The lowest BCUT2D eigenvalue weighted by molar-refractivity contribution is -0.127. The molecule has 4 rings (SSSR count). The molecule has 0 unspecified atom stereocenters. The van der Waals surface area contributed by atoms with Crippen LogP contribution in [0.15, 0.2) is 70.0 Å². The van der Waals surface area contributed by atoms with Crippen LogP contribution in [-0.2, 0) is 39.1 Å². The maximum absolute atomic E-state index is 14.0. The minimum atomic E-state index is -4.09. The van der Waals surface area contributed by atoms with E-state index in [4.69, 9.17) is 9.94 Å². The molecule has 3 aromatic rings. The number of thiazole rings is 1. The normalized spacial score (nSPS) is 16.2. The highest BCUT2D eigenvalue weighted by atomic mass is 32.2. The number of aromatic nitrogens is 1. The third-order valence-electron chi connectivity index (χ3n) is 8.80. The van der Waals surface area contributed by atoms with Crippen molar-refractivity contribution >= 4 is 39.5 Å². The predicted octanol–water partition coefficient (Wildman–Crippen LogP) is 2.96. The van der Waals surface area contributed by atoms with Crippen LogP contribution in [0.1, 0.15) is 54.4 Å². The molecular weight excluding hydrogens is 697 g/mol. The maximum Gasteiger partial charge on any atom is 0.318 e. The first kappa shape index (κ1) is 39.8. The van der Waals surface area contributed by atoms with E-state index in [-0.39, 0.29) is 36.9 Å². The molecule has 51 heavy (non-hydrogen) atoms. The van der Waals surface area contributed by atoms with Crippen LogP contribution in [0.25, 0.3) is 0 Å². The Morgan fingerprint density at radius 2 is 1.78 bits per heavy atom. The highest BCUT2D eigenvalue weighted by molar-refractivity contribution is 7.89. The van der Waals surface area contributed by atoms with Gasteiger partial charge in [0.15, 0.2) is 0 Å². The van der Waals surface area contributed by atoms with Gasteiger partial charge in [0.05, 0.1) is 48.2 Å². The van der Waals surface area contributed by atoms with Gasteiger partial charge in [-0.05, 0) is 55.4 Å². The number of amides is 3. The van der Waals surface area contributed by atoms with Crippen molar-refractivity contribution in [3.05, 3.63) is 81.8 Å². The van der Waals surface area contributed by atoms with E-state index in [0.29, 0.717) is 17.9 Å². The van der Waals surface area contributed by atoms with E-state index in [0.717, 1.165) is 36.3 Å². The maximum atomic E-state index is 14.0.